The van der Waals surface area contributed by atoms with E-state index in [4.69, 9.17) is 4.74 Å². The van der Waals surface area contributed by atoms with Gasteiger partial charge >= 0.3 is 5.97 Å². The van der Waals surface area contributed by atoms with E-state index in [-0.39, 0.29) is 5.97 Å². The molecule has 1 aliphatic heterocycles. The molecule has 0 fully saturated rings. The van der Waals surface area contributed by atoms with Gasteiger partial charge in [-0.2, -0.15) is 10.2 Å². The second-order valence-electron chi connectivity index (χ2n) is 1.92. The Hall–Kier alpha value is -1.19. The van der Waals surface area contributed by atoms with Crippen molar-refractivity contribution in [1.29, 1.82) is 0 Å². The second-order valence-corrected chi connectivity index (χ2v) is 1.92. The van der Waals surface area contributed by atoms with Crippen LogP contribution in [0.1, 0.15) is 13.3 Å². The average molecular weight is 140 g/mol. The first kappa shape index (κ1) is 6.92. The first-order chi connectivity index (χ1) is 4.79. The van der Waals surface area contributed by atoms with Crippen LogP contribution in [0.2, 0.25) is 0 Å². The van der Waals surface area contributed by atoms with Crippen LogP contribution in [0.5, 0.6) is 0 Å². The van der Waals surface area contributed by atoms with E-state index in [0.717, 1.165) is 0 Å². The first-order valence-electron chi connectivity index (χ1n) is 3.03. The van der Waals surface area contributed by atoms with Gasteiger partial charge in [0.25, 0.3) is 0 Å². The lowest BCUT2D eigenvalue weighted by molar-refractivity contribution is -0.137. The Morgan fingerprint density at radius 1 is 1.80 bits per heavy atom. The molecule has 0 bridgehead atoms. The number of ether oxygens (including phenoxy) is 1. The van der Waals surface area contributed by atoms with Crippen molar-refractivity contribution in [3.05, 3.63) is 12.0 Å². The average Bonchev–Trinajstić information content (AvgIpc) is 1.88. The maximum Gasteiger partial charge on any atom is 0.307 e. The van der Waals surface area contributed by atoms with Crippen LogP contribution in [0, 0.1) is 0 Å². The minimum Gasteiger partial charge on any atom is -0.429 e. The van der Waals surface area contributed by atoms with Gasteiger partial charge in [0, 0.05) is 13.3 Å². The molecule has 0 amide bonds. The monoisotopic (exact) mass is 140 g/mol. The van der Waals surface area contributed by atoms with Gasteiger partial charge in [-0.25, -0.2) is 0 Å². The smallest absolute Gasteiger partial charge is 0.307 e. The lowest BCUT2D eigenvalue weighted by Gasteiger charge is -2.05. The molecule has 1 heterocycles. The summed E-state index contributed by atoms with van der Waals surface area (Å²) in [4.78, 5) is 10.4. The van der Waals surface area contributed by atoms with Crippen LogP contribution in [0.3, 0.4) is 0 Å². The van der Waals surface area contributed by atoms with E-state index >= 15 is 0 Å². The van der Waals surface area contributed by atoms with E-state index in [1.165, 1.54) is 13.1 Å². The third kappa shape index (κ3) is 1.97. The SMILES string of the molecule is CC(=O)OC1=CN=NCC1. The molecular formula is C6H8N2O2. The highest BCUT2D eigenvalue weighted by molar-refractivity contribution is 5.67. The molecule has 0 unspecified atom stereocenters. The molecule has 0 aromatic carbocycles. The normalized spacial score (nSPS) is 16.3. The largest absolute Gasteiger partial charge is 0.429 e. The maximum absolute atomic E-state index is 10.4. The molecule has 54 valence electrons. The van der Waals surface area contributed by atoms with Crippen molar-refractivity contribution in [2.45, 2.75) is 13.3 Å². The van der Waals surface area contributed by atoms with Crippen molar-refractivity contribution in [3.63, 3.8) is 0 Å². The Morgan fingerprint density at radius 2 is 2.60 bits per heavy atom. The van der Waals surface area contributed by atoms with Crippen molar-refractivity contribution in [1.82, 2.24) is 0 Å². The standard InChI is InChI=1S/C6H8N2O2/c1-5(9)10-6-2-3-7-8-4-6/h4H,2-3H2,1H3. The van der Waals surface area contributed by atoms with E-state index in [1.54, 1.807) is 0 Å². The molecular weight excluding hydrogens is 132 g/mol. The summed E-state index contributed by atoms with van der Waals surface area (Å²) in [6, 6.07) is 0. The number of hydrogen-bond donors (Lipinski definition) is 0. The fourth-order valence-electron chi connectivity index (χ4n) is 0.650. The Morgan fingerprint density at radius 3 is 3.10 bits per heavy atom. The lowest BCUT2D eigenvalue weighted by atomic mass is 10.3. The van der Waals surface area contributed by atoms with Crippen LogP contribution in [0.4, 0.5) is 0 Å². The Bertz CT molecular complexity index is 196. The van der Waals surface area contributed by atoms with Crippen LogP contribution in [-0.2, 0) is 9.53 Å². The van der Waals surface area contributed by atoms with E-state index in [9.17, 15) is 4.79 Å². The Balaban J connectivity index is 2.47. The zero-order chi connectivity index (χ0) is 7.40. The van der Waals surface area contributed by atoms with Gasteiger partial charge in [-0.1, -0.05) is 0 Å². The van der Waals surface area contributed by atoms with E-state index in [1.807, 2.05) is 0 Å². The number of azo groups is 1. The predicted molar refractivity (Wildman–Crippen MR) is 34.2 cm³/mol. The van der Waals surface area contributed by atoms with Crippen molar-refractivity contribution in [2.75, 3.05) is 6.54 Å². The third-order valence-electron chi connectivity index (χ3n) is 1.02. The van der Waals surface area contributed by atoms with Crippen molar-refractivity contribution < 1.29 is 9.53 Å². The maximum atomic E-state index is 10.4. The van der Waals surface area contributed by atoms with Gasteiger partial charge in [0.1, 0.15) is 5.76 Å². The van der Waals surface area contributed by atoms with Gasteiger partial charge < -0.3 is 4.74 Å². The Labute approximate surface area is 58.6 Å². The fourth-order valence-corrected chi connectivity index (χ4v) is 0.650. The van der Waals surface area contributed by atoms with Crippen LogP contribution in [0.15, 0.2) is 22.2 Å². The fraction of sp³-hybridized carbons (Fsp3) is 0.500. The minimum absolute atomic E-state index is 0.302. The number of nitrogens with zero attached hydrogens (tertiary/aromatic N) is 2. The summed E-state index contributed by atoms with van der Waals surface area (Å²) in [7, 11) is 0. The zero-order valence-electron chi connectivity index (χ0n) is 5.70. The first-order valence-corrected chi connectivity index (χ1v) is 3.03. The van der Waals surface area contributed by atoms with Gasteiger partial charge in [0.05, 0.1) is 12.7 Å². The summed E-state index contributed by atoms with van der Waals surface area (Å²) in [5, 5.41) is 7.29. The zero-order valence-corrected chi connectivity index (χ0v) is 5.70. The van der Waals surface area contributed by atoms with Crippen LogP contribution >= 0.6 is 0 Å². The highest BCUT2D eigenvalue weighted by Crippen LogP contribution is 2.08. The number of hydrogen-bond acceptors (Lipinski definition) is 4. The number of rotatable bonds is 1. The topological polar surface area (TPSA) is 51.0 Å². The van der Waals surface area contributed by atoms with Crippen molar-refractivity contribution in [3.8, 4) is 0 Å². The van der Waals surface area contributed by atoms with Crippen molar-refractivity contribution in [2.24, 2.45) is 10.2 Å². The van der Waals surface area contributed by atoms with Gasteiger partial charge in [0.2, 0.25) is 0 Å². The number of carbonyl (C=O) groups is 1. The van der Waals surface area contributed by atoms with E-state index in [0.29, 0.717) is 18.7 Å². The third-order valence-corrected chi connectivity index (χ3v) is 1.02. The molecule has 4 nitrogen and oxygen atoms in total. The van der Waals surface area contributed by atoms with Gasteiger partial charge in [-0.3, -0.25) is 4.79 Å². The van der Waals surface area contributed by atoms with Crippen LogP contribution in [0.25, 0.3) is 0 Å². The molecule has 0 saturated carbocycles. The molecule has 1 aliphatic rings. The molecule has 0 N–H and O–H groups in total. The summed E-state index contributed by atoms with van der Waals surface area (Å²) in [6.45, 7) is 1.98. The molecule has 1 rings (SSSR count). The summed E-state index contributed by atoms with van der Waals surface area (Å²) in [5.41, 5.74) is 0. The van der Waals surface area contributed by atoms with Crippen molar-refractivity contribution >= 4 is 5.97 Å². The second kappa shape index (κ2) is 3.10. The summed E-state index contributed by atoms with van der Waals surface area (Å²) in [6.07, 6.45) is 2.13. The van der Waals surface area contributed by atoms with Gasteiger partial charge in [0.15, 0.2) is 0 Å². The van der Waals surface area contributed by atoms with Gasteiger partial charge in [-0.05, 0) is 0 Å². The quantitative estimate of drug-likeness (QED) is 0.514. The van der Waals surface area contributed by atoms with Gasteiger partial charge in [-0.15, -0.1) is 0 Å². The number of esters is 1. The highest BCUT2D eigenvalue weighted by Gasteiger charge is 2.03. The number of carbonyl (C=O) groups excluding carboxylic acids is 1. The molecule has 0 saturated heterocycles. The predicted octanol–water partition coefficient (Wildman–Crippen LogP) is 1.25. The molecule has 0 aromatic heterocycles. The molecule has 0 aliphatic carbocycles. The minimum atomic E-state index is -0.302. The lowest BCUT2D eigenvalue weighted by Crippen LogP contribution is -2.01. The van der Waals surface area contributed by atoms with Crippen LogP contribution in [-0.4, -0.2) is 12.5 Å². The molecule has 0 aromatic rings. The molecule has 0 radical (unpaired) electrons. The summed E-state index contributed by atoms with van der Waals surface area (Å²) >= 11 is 0. The molecule has 0 atom stereocenters. The molecule has 0 spiro atoms. The summed E-state index contributed by atoms with van der Waals surface area (Å²) in [5.74, 6) is 0.297. The van der Waals surface area contributed by atoms with Crippen LogP contribution < -0.4 is 0 Å². The van der Waals surface area contributed by atoms with E-state index in [2.05, 4.69) is 10.2 Å². The Kier molecular flexibility index (Phi) is 2.15. The molecule has 10 heavy (non-hydrogen) atoms. The van der Waals surface area contributed by atoms with E-state index < -0.39 is 0 Å². The molecule has 4 heteroatoms. The highest BCUT2D eigenvalue weighted by atomic mass is 16.5. The summed E-state index contributed by atoms with van der Waals surface area (Å²) < 4.78 is 4.76.